The maximum Gasteiger partial charge on any atom is 0.191 e. The van der Waals surface area contributed by atoms with E-state index in [1.165, 1.54) is 38.8 Å². The number of guanidine groups is 1. The van der Waals surface area contributed by atoms with Crippen molar-refractivity contribution < 1.29 is 5.11 Å². The van der Waals surface area contributed by atoms with Crippen molar-refractivity contribution in [3.63, 3.8) is 0 Å². The van der Waals surface area contributed by atoms with Gasteiger partial charge in [-0.05, 0) is 50.9 Å². The van der Waals surface area contributed by atoms with Crippen LogP contribution in [0.15, 0.2) is 4.99 Å². The minimum absolute atomic E-state index is 0.491. The lowest BCUT2D eigenvalue weighted by molar-refractivity contribution is 0.0778. The Kier molecular flexibility index (Phi) is 8.87. The molecule has 3 N–H and O–H groups in total. The van der Waals surface area contributed by atoms with Crippen LogP contribution in [0.25, 0.3) is 0 Å². The highest BCUT2D eigenvalue weighted by molar-refractivity contribution is 7.99. The average molecular weight is 371 g/mol. The number of aliphatic imine (C=N–C) groups is 1. The zero-order valence-corrected chi connectivity index (χ0v) is 17.2. The van der Waals surface area contributed by atoms with E-state index in [0.29, 0.717) is 18.5 Å². The van der Waals surface area contributed by atoms with Crippen LogP contribution >= 0.6 is 11.8 Å². The number of nitrogens with one attached hydrogen (secondary N) is 2. The molecule has 146 valence electrons. The highest BCUT2D eigenvalue weighted by Gasteiger charge is 2.31. The molecule has 2 aliphatic rings. The molecule has 2 aliphatic heterocycles. The first-order valence-electron chi connectivity index (χ1n) is 10.1. The van der Waals surface area contributed by atoms with E-state index in [-0.39, 0.29) is 0 Å². The van der Waals surface area contributed by atoms with Gasteiger partial charge < -0.3 is 15.7 Å². The summed E-state index contributed by atoms with van der Waals surface area (Å²) >= 11 is 1.82. The van der Waals surface area contributed by atoms with Gasteiger partial charge >= 0.3 is 0 Å². The Hall–Kier alpha value is -0.460. The summed E-state index contributed by atoms with van der Waals surface area (Å²) in [6.07, 6.45) is 6.23. The lowest BCUT2D eigenvalue weighted by Gasteiger charge is -2.34. The lowest BCUT2D eigenvalue weighted by atomic mass is 10.0. The second kappa shape index (κ2) is 10.6. The van der Waals surface area contributed by atoms with E-state index in [1.807, 2.05) is 11.8 Å². The van der Waals surface area contributed by atoms with Crippen LogP contribution in [-0.2, 0) is 0 Å². The Bertz CT molecular complexity index is 402. The number of nitrogens with zero attached hydrogens (tertiary/aromatic N) is 2. The number of thioether (sulfide) groups is 1. The van der Waals surface area contributed by atoms with Crippen LogP contribution in [-0.4, -0.2) is 71.8 Å². The molecule has 0 aromatic heterocycles. The molecular formula is C19H38N4OS. The third-order valence-electron chi connectivity index (χ3n) is 5.32. The van der Waals surface area contributed by atoms with E-state index in [1.54, 1.807) is 0 Å². The van der Waals surface area contributed by atoms with E-state index in [0.717, 1.165) is 37.0 Å². The van der Waals surface area contributed by atoms with Gasteiger partial charge in [0.25, 0.3) is 0 Å². The molecule has 0 aromatic rings. The van der Waals surface area contributed by atoms with Gasteiger partial charge in [-0.15, -0.1) is 0 Å². The summed E-state index contributed by atoms with van der Waals surface area (Å²) in [5, 5.41) is 17.4. The molecule has 2 atom stereocenters. The summed E-state index contributed by atoms with van der Waals surface area (Å²) in [6.45, 7) is 11.4. The average Bonchev–Trinajstić information content (AvgIpc) is 2.84. The first-order valence-corrected chi connectivity index (χ1v) is 11.3. The highest BCUT2D eigenvalue weighted by Crippen LogP contribution is 2.27. The molecule has 6 heteroatoms. The number of hydrogen-bond donors (Lipinski definition) is 3. The van der Waals surface area contributed by atoms with Gasteiger partial charge in [-0.3, -0.25) is 9.89 Å². The van der Waals surface area contributed by atoms with Crippen LogP contribution in [0.4, 0.5) is 0 Å². The quantitative estimate of drug-likeness (QED) is 0.474. The Labute approximate surface area is 158 Å². The standard InChI is InChI=1S/C19H38N4OS/c1-4-20-18(22-14-19(24)9-12-25-15-19)21-13-17(16(2)3)23-10-7-5-6-8-11-23/h16-17,24H,4-15H2,1-3H3,(H2,20,21,22). The predicted octanol–water partition coefficient (Wildman–Crippen LogP) is 2.31. The molecule has 25 heavy (non-hydrogen) atoms. The van der Waals surface area contributed by atoms with Crippen LogP contribution in [0.2, 0.25) is 0 Å². The summed E-state index contributed by atoms with van der Waals surface area (Å²) in [6, 6.07) is 0.534. The number of rotatable bonds is 7. The van der Waals surface area contributed by atoms with Crippen molar-refractivity contribution in [2.45, 2.75) is 64.5 Å². The molecule has 2 saturated heterocycles. The Morgan fingerprint density at radius 3 is 2.48 bits per heavy atom. The molecule has 2 rings (SSSR count). The normalized spacial score (nSPS) is 27.3. The van der Waals surface area contributed by atoms with Crippen molar-refractivity contribution in [3.05, 3.63) is 0 Å². The van der Waals surface area contributed by atoms with E-state index in [2.05, 4.69) is 41.3 Å². The summed E-state index contributed by atoms with van der Waals surface area (Å²) in [7, 11) is 0. The fraction of sp³-hybridized carbons (Fsp3) is 0.947. The SMILES string of the molecule is CCNC(=NCC1(O)CCSC1)NCC(C(C)C)N1CCCCCC1. The fourth-order valence-corrected chi connectivity index (χ4v) is 4.99. The fourth-order valence-electron chi connectivity index (χ4n) is 3.70. The van der Waals surface area contributed by atoms with Gasteiger partial charge in [-0.25, -0.2) is 0 Å². The van der Waals surface area contributed by atoms with Crippen LogP contribution in [0, 0.1) is 5.92 Å². The van der Waals surface area contributed by atoms with E-state index >= 15 is 0 Å². The molecule has 2 fully saturated rings. The van der Waals surface area contributed by atoms with E-state index in [4.69, 9.17) is 0 Å². The molecule has 0 saturated carbocycles. The zero-order chi connectivity index (χ0) is 18.1. The second-order valence-electron chi connectivity index (χ2n) is 7.86. The minimum atomic E-state index is -0.616. The van der Waals surface area contributed by atoms with Crippen LogP contribution < -0.4 is 10.6 Å². The van der Waals surface area contributed by atoms with Gasteiger partial charge in [0.15, 0.2) is 5.96 Å². The molecular weight excluding hydrogens is 332 g/mol. The summed E-state index contributed by atoms with van der Waals surface area (Å²) < 4.78 is 0. The molecule has 0 spiro atoms. The summed E-state index contributed by atoms with van der Waals surface area (Å²) in [5.41, 5.74) is -0.616. The molecule has 0 bridgehead atoms. The van der Waals surface area contributed by atoms with Crippen LogP contribution in [0.1, 0.15) is 52.9 Å². The lowest BCUT2D eigenvalue weighted by Crippen LogP contribution is -2.50. The van der Waals surface area contributed by atoms with Crippen molar-refractivity contribution >= 4 is 17.7 Å². The molecule has 0 aromatic carbocycles. The molecule has 2 unspecified atom stereocenters. The van der Waals surface area contributed by atoms with Gasteiger partial charge in [0.2, 0.25) is 0 Å². The van der Waals surface area contributed by atoms with Crippen molar-refractivity contribution in [1.82, 2.24) is 15.5 Å². The molecule has 0 amide bonds. The van der Waals surface area contributed by atoms with Crippen molar-refractivity contribution in [3.8, 4) is 0 Å². The third-order valence-corrected chi connectivity index (χ3v) is 6.55. The molecule has 2 heterocycles. The number of hydrogen-bond acceptors (Lipinski definition) is 4. The monoisotopic (exact) mass is 370 g/mol. The topological polar surface area (TPSA) is 59.9 Å². The Morgan fingerprint density at radius 2 is 1.92 bits per heavy atom. The largest absolute Gasteiger partial charge is 0.387 e. The van der Waals surface area contributed by atoms with Crippen LogP contribution in [0.5, 0.6) is 0 Å². The summed E-state index contributed by atoms with van der Waals surface area (Å²) in [4.78, 5) is 7.34. The summed E-state index contributed by atoms with van der Waals surface area (Å²) in [5.74, 6) is 3.30. The Balaban J connectivity index is 1.91. The number of likely N-dealkylation sites (tertiary alicyclic amines) is 1. The van der Waals surface area contributed by atoms with Gasteiger partial charge in [-0.2, -0.15) is 11.8 Å². The third kappa shape index (κ3) is 6.99. The molecule has 0 radical (unpaired) electrons. The van der Waals surface area contributed by atoms with Gasteiger partial charge in [0.1, 0.15) is 0 Å². The first kappa shape index (κ1) is 20.8. The second-order valence-corrected chi connectivity index (χ2v) is 8.97. The first-order chi connectivity index (χ1) is 12.0. The van der Waals surface area contributed by atoms with Crippen LogP contribution in [0.3, 0.4) is 0 Å². The maximum atomic E-state index is 10.5. The van der Waals surface area contributed by atoms with Crippen molar-refractivity contribution in [1.29, 1.82) is 0 Å². The van der Waals surface area contributed by atoms with E-state index in [9.17, 15) is 5.11 Å². The van der Waals surface area contributed by atoms with Gasteiger partial charge in [0.05, 0.1) is 12.1 Å². The maximum absolute atomic E-state index is 10.5. The predicted molar refractivity (Wildman–Crippen MR) is 110 cm³/mol. The van der Waals surface area contributed by atoms with Crippen molar-refractivity contribution in [2.75, 3.05) is 44.2 Å². The number of aliphatic hydroxyl groups is 1. The van der Waals surface area contributed by atoms with Gasteiger partial charge in [-0.1, -0.05) is 26.7 Å². The van der Waals surface area contributed by atoms with Crippen molar-refractivity contribution in [2.24, 2.45) is 10.9 Å². The zero-order valence-electron chi connectivity index (χ0n) is 16.4. The smallest absolute Gasteiger partial charge is 0.191 e. The highest BCUT2D eigenvalue weighted by atomic mass is 32.2. The van der Waals surface area contributed by atoms with E-state index < -0.39 is 5.60 Å². The minimum Gasteiger partial charge on any atom is -0.387 e. The Morgan fingerprint density at radius 1 is 1.20 bits per heavy atom. The molecule has 5 nitrogen and oxygen atoms in total. The van der Waals surface area contributed by atoms with Gasteiger partial charge in [0, 0.05) is 24.9 Å². The molecule has 0 aliphatic carbocycles.